The molecule has 2 heteroatoms. The number of hydrogen-bond donors (Lipinski definition) is 1. The molecule has 0 saturated carbocycles. The molecule has 0 amide bonds. The molecule has 0 unspecified atom stereocenters. The number of phenols is 1. The molecule has 2 aromatic carbocycles. The average Bonchev–Trinajstić information content (AvgIpc) is 2.33. The molecule has 2 aromatic rings. The number of para-hydroxylation sites is 1. The molecule has 0 aliphatic heterocycles. The SMILES string of the molecule is Cc1cc(C)c(Oc2ccccc2)c(C)c1O. The third kappa shape index (κ3) is 2.26. The molecule has 0 aromatic heterocycles. The van der Waals surface area contributed by atoms with E-state index in [-0.39, 0.29) is 0 Å². The highest BCUT2D eigenvalue weighted by atomic mass is 16.5. The maximum Gasteiger partial charge on any atom is 0.136 e. The minimum absolute atomic E-state index is 0.307. The average molecular weight is 228 g/mol. The monoisotopic (exact) mass is 228 g/mol. The predicted molar refractivity (Wildman–Crippen MR) is 68.8 cm³/mol. The molecule has 2 nitrogen and oxygen atoms in total. The molecule has 0 aliphatic carbocycles. The highest BCUT2D eigenvalue weighted by molar-refractivity contribution is 5.53. The Labute approximate surface area is 101 Å². The first-order valence-corrected chi connectivity index (χ1v) is 5.62. The van der Waals surface area contributed by atoms with E-state index in [2.05, 4.69) is 0 Å². The fourth-order valence-corrected chi connectivity index (χ4v) is 1.92. The second kappa shape index (κ2) is 4.50. The van der Waals surface area contributed by atoms with Crippen molar-refractivity contribution < 1.29 is 9.84 Å². The summed E-state index contributed by atoms with van der Waals surface area (Å²) in [6.45, 7) is 5.74. The molecule has 0 spiro atoms. The fraction of sp³-hybridized carbons (Fsp3) is 0.200. The second-order valence-electron chi connectivity index (χ2n) is 4.23. The highest BCUT2D eigenvalue weighted by Crippen LogP contribution is 2.36. The van der Waals surface area contributed by atoms with Crippen LogP contribution in [0, 0.1) is 20.8 Å². The van der Waals surface area contributed by atoms with E-state index in [0.717, 1.165) is 28.2 Å². The number of aromatic hydroxyl groups is 1. The van der Waals surface area contributed by atoms with Crippen molar-refractivity contribution in [2.45, 2.75) is 20.8 Å². The minimum Gasteiger partial charge on any atom is -0.507 e. The predicted octanol–water partition coefficient (Wildman–Crippen LogP) is 4.11. The molecule has 1 N–H and O–H groups in total. The first-order valence-electron chi connectivity index (χ1n) is 5.62. The van der Waals surface area contributed by atoms with Crippen LogP contribution in [0.5, 0.6) is 17.2 Å². The van der Waals surface area contributed by atoms with Crippen molar-refractivity contribution in [2.24, 2.45) is 0 Å². The minimum atomic E-state index is 0.307. The number of hydrogen-bond acceptors (Lipinski definition) is 2. The standard InChI is InChI=1S/C15H16O2/c1-10-9-11(2)15(12(3)14(10)16)17-13-7-5-4-6-8-13/h4-9,16H,1-3H3. The molecule has 0 saturated heterocycles. The third-order valence-electron chi connectivity index (χ3n) is 2.82. The van der Waals surface area contributed by atoms with Gasteiger partial charge in [-0.05, 0) is 50.1 Å². The van der Waals surface area contributed by atoms with Crippen molar-refractivity contribution in [1.29, 1.82) is 0 Å². The van der Waals surface area contributed by atoms with Gasteiger partial charge in [0.25, 0.3) is 0 Å². The molecule has 0 bridgehead atoms. The summed E-state index contributed by atoms with van der Waals surface area (Å²) in [6.07, 6.45) is 0. The lowest BCUT2D eigenvalue weighted by molar-refractivity contribution is 0.443. The zero-order valence-corrected chi connectivity index (χ0v) is 10.3. The van der Waals surface area contributed by atoms with Gasteiger partial charge in [-0.3, -0.25) is 0 Å². The van der Waals surface area contributed by atoms with E-state index in [1.165, 1.54) is 0 Å². The first kappa shape index (κ1) is 11.5. The summed E-state index contributed by atoms with van der Waals surface area (Å²) in [5.41, 5.74) is 2.69. The van der Waals surface area contributed by atoms with E-state index in [4.69, 9.17) is 4.74 Å². The molecule has 0 fully saturated rings. The van der Waals surface area contributed by atoms with Crippen LogP contribution in [0.2, 0.25) is 0 Å². The zero-order valence-electron chi connectivity index (χ0n) is 10.3. The largest absolute Gasteiger partial charge is 0.507 e. The van der Waals surface area contributed by atoms with E-state index < -0.39 is 0 Å². The van der Waals surface area contributed by atoms with Crippen LogP contribution in [0.15, 0.2) is 36.4 Å². The number of benzene rings is 2. The van der Waals surface area contributed by atoms with E-state index in [9.17, 15) is 5.11 Å². The van der Waals surface area contributed by atoms with Gasteiger partial charge in [-0.15, -0.1) is 0 Å². The van der Waals surface area contributed by atoms with Gasteiger partial charge in [-0.2, -0.15) is 0 Å². The van der Waals surface area contributed by atoms with E-state index in [0.29, 0.717) is 5.75 Å². The Kier molecular flexibility index (Phi) is 3.05. The van der Waals surface area contributed by atoms with Gasteiger partial charge >= 0.3 is 0 Å². The van der Waals surface area contributed by atoms with Gasteiger partial charge in [0.05, 0.1) is 0 Å². The molecule has 88 valence electrons. The van der Waals surface area contributed by atoms with Crippen molar-refractivity contribution in [3.63, 3.8) is 0 Å². The van der Waals surface area contributed by atoms with Gasteiger partial charge in [0.1, 0.15) is 17.2 Å². The maximum atomic E-state index is 9.91. The van der Waals surface area contributed by atoms with Crippen molar-refractivity contribution >= 4 is 0 Å². The number of aryl methyl sites for hydroxylation is 2. The van der Waals surface area contributed by atoms with Gasteiger partial charge in [0.15, 0.2) is 0 Å². The fourth-order valence-electron chi connectivity index (χ4n) is 1.92. The van der Waals surface area contributed by atoms with Crippen LogP contribution in [-0.4, -0.2) is 5.11 Å². The lowest BCUT2D eigenvalue weighted by Crippen LogP contribution is -1.93. The summed E-state index contributed by atoms with van der Waals surface area (Å²) < 4.78 is 5.82. The van der Waals surface area contributed by atoms with Crippen molar-refractivity contribution in [3.05, 3.63) is 53.1 Å². The van der Waals surface area contributed by atoms with Crippen LogP contribution in [0.1, 0.15) is 16.7 Å². The molecular formula is C15H16O2. The van der Waals surface area contributed by atoms with Crippen LogP contribution in [0.3, 0.4) is 0 Å². The Bertz CT molecular complexity index is 530. The van der Waals surface area contributed by atoms with Crippen molar-refractivity contribution in [1.82, 2.24) is 0 Å². The zero-order chi connectivity index (χ0) is 12.4. The van der Waals surface area contributed by atoms with Gasteiger partial charge in [-0.1, -0.05) is 18.2 Å². The summed E-state index contributed by atoms with van der Waals surface area (Å²) >= 11 is 0. The Hall–Kier alpha value is -1.96. The topological polar surface area (TPSA) is 29.5 Å². The van der Waals surface area contributed by atoms with Gasteiger partial charge < -0.3 is 9.84 Å². The highest BCUT2D eigenvalue weighted by Gasteiger charge is 2.11. The third-order valence-corrected chi connectivity index (χ3v) is 2.82. The molecular weight excluding hydrogens is 212 g/mol. The van der Waals surface area contributed by atoms with Crippen molar-refractivity contribution in [2.75, 3.05) is 0 Å². The van der Waals surface area contributed by atoms with Crippen LogP contribution in [-0.2, 0) is 0 Å². The Balaban J connectivity index is 2.43. The Morgan fingerprint density at radius 1 is 0.941 bits per heavy atom. The summed E-state index contributed by atoms with van der Waals surface area (Å²) in [5, 5.41) is 9.91. The van der Waals surface area contributed by atoms with E-state index in [1.54, 1.807) is 0 Å². The quantitative estimate of drug-likeness (QED) is 0.838. The van der Waals surface area contributed by atoms with Crippen LogP contribution in [0.4, 0.5) is 0 Å². The van der Waals surface area contributed by atoms with Gasteiger partial charge in [0.2, 0.25) is 0 Å². The van der Waals surface area contributed by atoms with E-state index >= 15 is 0 Å². The lowest BCUT2D eigenvalue weighted by atomic mass is 10.0. The van der Waals surface area contributed by atoms with Crippen molar-refractivity contribution in [3.8, 4) is 17.2 Å². The maximum absolute atomic E-state index is 9.91. The Morgan fingerprint density at radius 3 is 2.24 bits per heavy atom. The van der Waals surface area contributed by atoms with Gasteiger partial charge in [0, 0.05) is 5.56 Å². The first-order chi connectivity index (χ1) is 8.09. The van der Waals surface area contributed by atoms with Crippen LogP contribution in [0.25, 0.3) is 0 Å². The molecule has 2 rings (SSSR count). The molecule has 0 aliphatic rings. The normalized spacial score (nSPS) is 10.3. The molecule has 0 atom stereocenters. The summed E-state index contributed by atoms with van der Waals surface area (Å²) in [6, 6.07) is 11.5. The summed E-state index contributed by atoms with van der Waals surface area (Å²) in [5.74, 6) is 1.82. The van der Waals surface area contributed by atoms with Crippen LogP contribution < -0.4 is 4.74 Å². The Morgan fingerprint density at radius 2 is 1.59 bits per heavy atom. The number of phenolic OH excluding ortho intramolecular Hbond substituents is 1. The van der Waals surface area contributed by atoms with Gasteiger partial charge in [-0.25, -0.2) is 0 Å². The molecule has 0 heterocycles. The second-order valence-corrected chi connectivity index (χ2v) is 4.23. The molecule has 17 heavy (non-hydrogen) atoms. The van der Waals surface area contributed by atoms with E-state index in [1.807, 2.05) is 57.2 Å². The van der Waals surface area contributed by atoms with Crippen LogP contribution >= 0.6 is 0 Å². The summed E-state index contributed by atoms with van der Waals surface area (Å²) in [7, 11) is 0. The lowest BCUT2D eigenvalue weighted by Gasteiger charge is -2.14. The summed E-state index contributed by atoms with van der Waals surface area (Å²) in [4.78, 5) is 0. The number of ether oxygens (including phenoxy) is 1. The smallest absolute Gasteiger partial charge is 0.136 e. The number of rotatable bonds is 2. The molecule has 0 radical (unpaired) electrons.